The summed E-state index contributed by atoms with van der Waals surface area (Å²) >= 11 is 0. The maximum absolute atomic E-state index is 13.3. The van der Waals surface area contributed by atoms with Crippen LogP contribution < -0.4 is 16.0 Å². The Kier molecular flexibility index (Phi) is 6.16. The molecule has 33 heavy (non-hydrogen) atoms. The molecule has 9 nitrogen and oxygen atoms in total. The third-order valence-corrected chi connectivity index (χ3v) is 4.99. The second-order valence-electron chi connectivity index (χ2n) is 7.31. The highest BCUT2D eigenvalue weighted by Crippen LogP contribution is 2.24. The number of carboxylic acid groups (broad SMARTS) is 1. The Morgan fingerprint density at radius 3 is 2.55 bits per heavy atom. The molecule has 2 heterocycles. The van der Waals surface area contributed by atoms with Crippen molar-refractivity contribution in [3.05, 3.63) is 83.9 Å². The first-order chi connectivity index (χ1) is 15.9. The van der Waals surface area contributed by atoms with E-state index in [9.17, 15) is 14.0 Å². The molecule has 2 aromatic heterocycles. The lowest BCUT2D eigenvalue weighted by atomic mass is 10.1. The molecule has 0 unspecified atom stereocenters. The van der Waals surface area contributed by atoms with Gasteiger partial charge in [0.05, 0.1) is 35.7 Å². The van der Waals surface area contributed by atoms with Crippen molar-refractivity contribution in [2.75, 3.05) is 5.32 Å². The van der Waals surface area contributed by atoms with Crippen molar-refractivity contribution in [1.82, 2.24) is 25.4 Å². The molecule has 4 N–H and O–H groups in total. The van der Waals surface area contributed by atoms with Crippen LogP contribution >= 0.6 is 0 Å². The number of urea groups is 1. The van der Waals surface area contributed by atoms with Gasteiger partial charge >= 0.3 is 12.1 Å². The Balaban J connectivity index is 1.63. The number of anilines is 1. The van der Waals surface area contributed by atoms with Gasteiger partial charge in [0, 0.05) is 5.39 Å². The van der Waals surface area contributed by atoms with Gasteiger partial charge < -0.3 is 15.7 Å². The first-order valence-corrected chi connectivity index (χ1v) is 10.1. The first kappa shape index (κ1) is 21.8. The summed E-state index contributed by atoms with van der Waals surface area (Å²) in [5, 5.41) is 21.9. The monoisotopic (exact) mass is 448 g/mol. The molecule has 168 valence electrons. The summed E-state index contributed by atoms with van der Waals surface area (Å²) in [7, 11) is 0. The number of carbonyl (C=O) groups excluding carboxylic acids is 1. The molecule has 4 rings (SSSR count). The van der Waals surface area contributed by atoms with Gasteiger partial charge in [0.2, 0.25) is 0 Å². The summed E-state index contributed by atoms with van der Waals surface area (Å²) in [5.74, 6) is -0.149. The second kappa shape index (κ2) is 9.35. The Hall–Kier alpha value is -4.47. The number of hydrogen-bond acceptors (Lipinski definition) is 4. The number of benzene rings is 2. The quantitative estimate of drug-likeness (QED) is 0.352. The largest absolute Gasteiger partial charge is 0.465 e. The predicted molar refractivity (Wildman–Crippen MR) is 121 cm³/mol. The highest BCUT2D eigenvalue weighted by atomic mass is 19.1. The standard InChI is InChI=1S/C23H21FN6O3/c1-14(15-5-3-2-4-6-15)27-22(31)29-20-11-16-12-26-30(18-9-7-17(24)8-10-18)21(16)19(28-20)13-25-23(32)33/h2-12,14,25H,13H2,1H3,(H,32,33)(H2,27,28,29,31)/t14-/m1/s1. The van der Waals surface area contributed by atoms with E-state index in [0.29, 0.717) is 22.3 Å². The maximum Gasteiger partial charge on any atom is 0.404 e. The molecule has 4 aromatic rings. The van der Waals surface area contributed by atoms with Gasteiger partial charge in [0.25, 0.3) is 0 Å². The number of fused-ring (bicyclic) bond motifs is 1. The van der Waals surface area contributed by atoms with Gasteiger partial charge in [-0.25, -0.2) is 23.6 Å². The van der Waals surface area contributed by atoms with Crippen molar-refractivity contribution >= 4 is 28.8 Å². The summed E-state index contributed by atoms with van der Waals surface area (Å²) in [5.41, 5.74) is 2.42. The van der Waals surface area contributed by atoms with E-state index >= 15 is 0 Å². The van der Waals surface area contributed by atoms with Crippen molar-refractivity contribution < 1.29 is 19.1 Å². The molecule has 1 atom stereocenters. The van der Waals surface area contributed by atoms with Gasteiger partial charge in [-0.3, -0.25) is 5.32 Å². The van der Waals surface area contributed by atoms with Crippen LogP contribution in [0, 0.1) is 5.82 Å². The van der Waals surface area contributed by atoms with E-state index in [2.05, 4.69) is 26.0 Å². The van der Waals surface area contributed by atoms with Crippen LogP contribution in [0.3, 0.4) is 0 Å². The van der Waals surface area contributed by atoms with E-state index in [4.69, 9.17) is 5.11 Å². The lowest BCUT2D eigenvalue weighted by Crippen LogP contribution is -2.31. The third kappa shape index (κ3) is 5.06. The summed E-state index contributed by atoms with van der Waals surface area (Å²) in [6, 6.07) is 16.2. The molecule has 0 saturated carbocycles. The minimum Gasteiger partial charge on any atom is -0.465 e. The molecule has 0 aliphatic rings. The van der Waals surface area contributed by atoms with Crippen LogP contribution in [0.15, 0.2) is 66.9 Å². The molecule has 3 amide bonds. The van der Waals surface area contributed by atoms with E-state index in [1.165, 1.54) is 12.1 Å². The molecule has 0 bridgehead atoms. The minimum absolute atomic E-state index is 0.115. The van der Waals surface area contributed by atoms with Crippen molar-refractivity contribution in [2.24, 2.45) is 0 Å². The average Bonchev–Trinajstić information content (AvgIpc) is 3.22. The van der Waals surface area contributed by atoms with Crippen LogP contribution in [0.5, 0.6) is 0 Å². The molecular weight excluding hydrogens is 427 g/mol. The molecule has 0 aliphatic heterocycles. The van der Waals surface area contributed by atoms with Crippen molar-refractivity contribution in [1.29, 1.82) is 0 Å². The fraction of sp³-hybridized carbons (Fsp3) is 0.130. The highest BCUT2D eigenvalue weighted by molar-refractivity contribution is 5.92. The smallest absolute Gasteiger partial charge is 0.404 e. The lowest BCUT2D eigenvalue weighted by molar-refractivity contribution is 0.194. The SMILES string of the molecule is C[C@@H](NC(=O)Nc1cc2cnn(-c3ccc(F)cc3)c2c(CNC(=O)O)n1)c1ccccc1. The average molecular weight is 448 g/mol. The molecule has 0 spiro atoms. The Labute approximate surface area is 188 Å². The number of rotatable bonds is 6. The van der Waals surface area contributed by atoms with Crippen LogP contribution in [-0.4, -0.2) is 32.0 Å². The van der Waals surface area contributed by atoms with E-state index in [1.54, 1.807) is 29.1 Å². The van der Waals surface area contributed by atoms with Crippen LogP contribution in [-0.2, 0) is 6.54 Å². The van der Waals surface area contributed by atoms with Crippen molar-refractivity contribution in [2.45, 2.75) is 19.5 Å². The van der Waals surface area contributed by atoms with Crippen molar-refractivity contribution in [3.63, 3.8) is 0 Å². The normalized spacial score (nSPS) is 11.7. The van der Waals surface area contributed by atoms with E-state index in [1.807, 2.05) is 37.3 Å². The number of nitrogens with zero attached hydrogens (tertiary/aromatic N) is 3. The molecule has 0 fully saturated rings. The Bertz CT molecular complexity index is 1290. The van der Waals surface area contributed by atoms with Gasteiger partial charge in [-0.1, -0.05) is 30.3 Å². The van der Waals surface area contributed by atoms with E-state index in [-0.39, 0.29) is 24.2 Å². The fourth-order valence-corrected chi connectivity index (χ4v) is 3.43. The van der Waals surface area contributed by atoms with Crippen LogP contribution in [0.1, 0.15) is 24.2 Å². The summed E-state index contributed by atoms with van der Waals surface area (Å²) in [6.45, 7) is 1.75. The van der Waals surface area contributed by atoms with Gasteiger partial charge in [0.15, 0.2) is 0 Å². The first-order valence-electron chi connectivity index (χ1n) is 10.1. The Morgan fingerprint density at radius 1 is 1.12 bits per heavy atom. The highest BCUT2D eigenvalue weighted by Gasteiger charge is 2.16. The zero-order chi connectivity index (χ0) is 23.4. The molecule has 2 aromatic carbocycles. The maximum atomic E-state index is 13.3. The zero-order valence-corrected chi connectivity index (χ0v) is 17.6. The molecule has 10 heteroatoms. The lowest BCUT2D eigenvalue weighted by Gasteiger charge is -2.15. The Morgan fingerprint density at radius 2 is 1.85 bits per heavy atom. The zero-order valence-electron chi connectivity index (χ0n) is 17.6. The van der Waals surface area contributed by atoms with Crippen LogP contribution in [0.25, 0.3) is 16.6 Å². The summed E-state index contributed by atoms with van der Waals surface area (Å²) < 4.78 is 14.9. The third-order valence-electron chi connectivity index (χ3n) is 4.99. The fourth-order valence-electron chi connectivity index (χ4n) is 3.43. The number of pyridine rings is 1. The molecule has 0 aliphatic carbocycles. The number of nitrogens with one attached hydrogen (secondary N) is 3. The van der Waals surface area contributed by atoms with E-state index < -0.39 is 12.1 Å². The summed E-state index contributed by atoms with van der Waals surface area (Å²) in [6.07, 6.45) is 0.353. The second-order valence-corrected chi connectivity index (χ2v) is 7.31. The minimum atomic E-state index is -1.22. The molecule has 0 radical (unpaired) electrons. The van der Waals surface area contributed by atoms with Gasteiger partial charge in [-0.2, -0.15) is 5.10 Å². The van der Waals surface area contributed by atoms with Crippen LogP contribution in [0.4, 0.5) is 19.8 Å². The van der Waals surface area contributed by atoms with Gasteiger partial charge in [0.1, 0.15) is 11.6 Å². The van der Waals surface area contributed by atoms with E-state index in [0.717, 1.165) is 5.56 Å². The number of hydrogen-bond donors (Lipinski definition) is 4. The van der Waals surface area contributed by atoms with Crippen molar-refractivity contribution in [3.8, 4) is 5.69 Å². The number of amides is 3. The number of halogens is 1. The summed E-state index contributed by atoms with van der Waals surface area (Å²) in [4.78, 5) is 28.1. The van der Waals surface area contributed by atoms with Gasteiger partial charge in [-0.05, 0) is 42.8 Å². The van der Waals surface area contributed by atoms with Crippen LogP contribution in [0.2, 0.25) is 0 Å². The van der Waals surface area contributed by atoms with Gasteiger partial charge in [-0.15, -0.1) is 0 Å². The molecule has 0 saturated heterocycles. The topological polar surface area (TPSA) is 121 Å². The number of carbonyl (C=O) groups is 2. The number of aromatic nitrogens is 3. The predicted octanol–water partition coefficient (Wildman–Crippen LogP) is 4.21. The molecular formula is C23H21FN6O3.